The third-order valence-electron chi connectivity index (χ3n) is 5.14. The summed E-state index contributed by atoms with van der Waals surface area (Å²) in [6, 6.07) is 3.29. The number of hydrogen-bond acceptors (Lipinski definition) is 4. The largest absolute Gasteiger partial charge is 0.341 e. The maximum absolute atomic E-state index is 4.34. The maximum Gasteiger partial charge on any atom is 0.225 e. The van der Waals surface area contributed by atoms with Gasteiger partial charge in [0.1, 0.15) is 0 Å². The van der Waals surface area contributed by atoms with Crippen molar-refractivity contribution in [2.75, 3.05) is 18.0 Å². The Bertz CT molecular complexity index is 479. The van der Waals surface area contributed by atoms with Gasteiger partial charge in [-0.2, -0.15) is 0 Å². The van der Waals surface area contributed by atoms with Crippen molar-refractivity contribution in [1.29, 1.82) is 0 Å². The van der Waals surface area contributed by atoms with Crippen LogP contribution in [0.5, 0.6) is 0 Å². The van der Waals surface area contributed by atoms with Gasteiger partial charge in [-0.15, -0.1) is 0 Å². The number of fused-ring (bicyclic) bond motifs is 1. The highest BCUT2D eigenvalue weighted by Gasteiger charge is 2.41. The lowest BCUT2D eigenvalue weighted by molar-refractivity contribution is 0.144. The summed E-state index contributed by atoms with van der Waals surface area (Å²) in [5.41, 5.74) is 0. The van der Waals surface area contributed by atoms with Crippen LogP contribution in [0.3, 0.4) is 0 Å². The monoisotopic (exact) mass is 270 g/mol. The van der Waals surface area contributed by atoms with E-state index in [0.717, 1.165) is 36.9 Å². The Morgan fingerprint density at radius 2 is 1.95 bits per heavy atom. The first-order valence-corrected chi connectivity index (χ1v) is 7.85. The predicted octanol–water partition coefficient (Wildman–Crippen LogP) is 2.00. The minimum absolute atomic E-state index is 0.676. The zero-order chi connectivity index (χ0) is 13.4. The summed E-state index contributed by atoms with van der Waals surface area (Å²) in [6.45, 7) is 2.14. The molecule has 2 heterocycles. The molecule has 1 aromatic heterocycles. The Labute approximate surface area is 120 Å². The molecule has 1 saturated heterocycles. The smallest absolute Gasteiger partial charge is 0.225 e. The van der Waals surface area contributed by atoms with Gasteiger partial charge in [0.25, 0.3) is 0 Å². The second-order valence-electron chi connectivity index (χ2n) is 6.32. The average Bonchev–Trinajstić information content (AvgIpc) is 2.88. The van der Waals surface area contributed by atoms with Gasteiger partial charge in [-0.05, 0) is 43.6 Å². The van der Waals surface area contributed by atoms with Crippen molar-refractivity contribution >= 4 is 5.95 Å². The number of aromatic nitrogens is 2. The molecule has 0 radical (unpaired) electrons. The number of nitrogens with one attached hydrogen (secondary N) is 1. The summed E-state index contributed by atoms with van der Waals surface area (Å²) in [6.07, 6.45) is 13.5. The summed E-state index contributed by atoms with van der Waals surface area (Å²) in [5.74, 6) is 2.66. The molecule has 3 unspecified atom stereocenters. The molecule has 1 saturated carbocycles. The molecule has 4 heteroatoms. The van der Waals surface area contributed by atoms with Crippen LogP contribution in [-0.2, 0) is 0 Å². The highest BCUT2D eigenvalue weighted by Crippen LogP contribution is 2.43. The van der Waals surface area contributed by atoms with E-state index >= 15 is 0 Å². The normalized spacial score (nSPS) is 33.0. The van der Waals surface area contributed by atoms with Crippen LogP contribution in [-0.4, -0.2) is 35.1 Å². The summed E-state index contributed by atoms with van der Waals surface area (Å²) in [5, 5.41) is 3.88. The molecule has 1 N–H and O–H groups in total. The summed E-state index contributed by atoms with van der Waals surface area (Å²) < 4.78 is 0. The second-order valence-corrected chi connectivity index (χ2v) is 6.32. The molecule has 3 aliphatic rings. The molecule has 0 spiro atoms. The molecule has 20 heavy (non-hydrogen) atoms. The quantitative estimate of drug-likeness (QED) is 0.853. The Hall–Kier alpha value is -1.42. The van der Waals surface area contributed by atoms with E-state index in [0.29, 0.717) is 6.04 Å². The van der Waals surface area contributed by atoms with Crippen molar-refractivity contribution in [2.24, 2.45) is 11.8 Å². The molecular formula is C16H22N4. The van der Waals surface area contributed by atoms with E-state index in [9.17, 15) is 0 Å². The Morgan fingerprint density at radius 1 is 1.15 bits per heavy atom. The number of nitrogens with zero attached hydrogens (tertiary/aromatic N) is 3. The highest BCUT2D eigenvalue weighted by molar-refractivity contribution is 5.29. The molecule has 0 bridgehead atoms. The molecule has 2 aliphatic carbocycles. The summed E-state index contributed by atoms with van der Waals surface area (Å²) in [4.78, 5) is 11.0. The van der Waals surface area contributed by atoms with Gasteiger partial charge in [0.2, 0.25) is 5.95 Å². The van der Waals surface area contributed by atoms with Crippen molar-refractivity contribution in [2.45, 2.75) is 37.8 Å². The van der Waals surface area contributed by atoms with Gasteiger partial charge in [0.05, 0.1) is 0 Å². The van der Waals surface area contributed by atoms with Crippen LogP contribution in [0.1, 0.15) is 25.7 Å². The SMILES string of the molecule is C1=CC2C(C1)CC2NC1CCN(c2ncccn2)CC1. The number of piperidine rings is 1. The van der Waals surface area contributed by atoms with Crippen LogP contribution in [0.25, 0.3) is 0 Å². The third kappa shape index (κ3) is 2.22. The minimum atomic E-state index is 0.676. The van der Waals surface area contributed by atoms with Gasteiger partial charge >= 0.3 is 0 Å². The zero-order valence-corrected chi connectivity index (χ0v) is 11.8. The summed E-state index contributed by atoms with van der Waals surface area (Å²) in [7, 11) is 0. The maximum atomic E-state index is 4.34. The zero-order valence-electron chi connectivity index (χ0n) is 11.8. The topological polar surface area (TPSA) is 41.0 Å². The number of anilines is 1. The van der Waals surface area contributed by atoms with Crippen LogP contribution in [0.15, 0.2) is 30.6 Å². The predicted molar refractivity (Wildman–Crippen MR) is 79.5 cm³/mol. The van der Waals surface area contributed by atoms with E-state index < -0.39 is 0 Å². The first-order chi connectivity index (χ1) is 9.90. The third-order valence-corrected chi connectivity index (χ3v) is 5.14. The number of rotatable bonds is 3. The van der Waals surface area contributed by atoms with E-state index in [1.165, 1.54) is 25.7 Å². The van der Waals surface area contributed by atoms with E-state index in [4.69, 9.17) is 0 Å². The molecule has 4 rings (SSSR count). The van der Waals surface area contributed by atoms with E-state index in [2.05, 4.69) is 32.3 Å². The summed E-state index contributed by atoms with van der Waals surface area (Å²) >= 11 is 0. The number of allylic oxidation sites excluding steroid dienone is 1. The van der Waals surface area contributed by atoms with Crippen LogP contribution in [0.4, 0.5) is 5.95 Å². The Morgan fingerprint density at radius 3 is 2.70 bits per heavy atom. The second kappa shape index (κ2) is 5.17. The molecule has 1 aromatic rings. The lowest BCUT2D eigenvalue weighted by Gasteiger charge is -2.44. The van der Waals surface area contributed by atoms with Crippen LogP contribution < -0.4 is 10.2 Å². The average molecular weight is 270 g/mol. The van der Waals surface area contributed by atoms with Crippen molar-refractivity contribution < 1.29 is 0 Å². The van der Waals surface area contributed by atoms with Crippen molar-refractivity contribution in [1.82, 2.24) is 15.3 Å². The molecule has 0 amide bonds. The molecule has 2 fully saturated rings. The Balaban J connectivity index is 1.29. The van der Waals surface area contributed by atoms with Crippen LogP contribution >= 0.6 is 0 Å². The van der Waals surface area contributed by atoms with Gasteiger partial charge in [-0.25, -0.2) is 9.97 Å². The van der Waals surface area contributed by atoms with Crippen LogP contribution in [0, 0.1) is 11.8 Å². The first-order valence-electron chi connectivity index (χ1n) is 7.85. The number of hydrogen-bond donors (Lipinski definition) is 1. The minimum Gasteiger partial charge on any atom is -0.341 e. The molecule has 4 nitrogen and oxygen atoms in total. The van der Waals surface area contributed by atoms with Crippen molar-refractivity contribution in [3.63, 3.8) is 0 Å². The van der Waals surface area contributed by atoms with Gasteiger partial charge in [0, 0.05) is 37.6 Å². The van der Waals surface area contributed by atoms with Gasteiger partial charge < -0.3 is 10.2 Å². The first kappa shape index (κ1) is 12.3. The molecule has 3 atom stereocenters. The molecule has 1 aliphatic heterocycles. The van der Waals surface area contributed by atoms with Gasteiger partial charge in [0.15, 0.2) is 0 Å². The fourth-order valence-corrected chi connectivity index (χ4v) is 3.91. The van der Waals surface area contributed by atoms with Gasteiger partial charge in [-0.1, -0.05) is 12.2 Å². The lowest BCUT2D eigenvalue weighted by atomic mass is 9.71. The fourth-order valence-electron chi connectivity index (χ4n) is 3.91. The van der Waals surface area contributed by atoms with Gasteiger partial charge in [-0.3, -0.25) is 0 Å². The van der Waals surface area contributed by atoms with E-state index in [-0.39, 0.29) is 0 Å². The van der Waals surface area contributed by atoms with Crippen molar-refractivity contribution in [3.8, 4) is 0 Å². The highest BCUT2D eigenvalue weighted by atomic mass is 15.3. The van der Waals surface area contributed by atoms with E-state index in [1.54, 1.807) is 0 Å². The van der Waals surface area contributed by atoms with Crippen LogP contribution in [0.2, 0.25) is 0 Å². The van der Waals surface area contributed by atoms with E-state index in [1.807, 2.05) is 18.5 Å². The Kier molecular flexibility index (Phi) is 3.19. The molecule has 106 valence electrons. The standard InChI is InChI=1S/C16H22N4/c1-3-12-11-15(14(12)4-1)19-13-5-9-20(10-6-13)16-17-7-2-8-18-16/h1-2,4,7-8,12-15,19H,3,5-6,9-11H2. The fraction of sp³-hybridized carbons (Fsp3) is 0.625. The molecule has 0 aromatic carbocycles. The lowest BCUT2D eigenvalue weighted by Crippen LogP contribution is -2.54. The van der Waals surface area contributed by atoms with Crippen molar-refractivity contribution in [3.05, 3.63) is 30.6 Å². The molecular weight excluding hydrogens is 248 g/mol.